The van der Waals surface area contributed by atoms with Crippen LogP contribution in [0, 0.1) is 0 Å². The minimum atomic E-state index is -0.740. The average molecular weight is 1060 g/mol. The predicted molar refractivity (Wildman–Crippen MR) is 280 cm³/mol. The zero-order valence-corrected chi connectivity index (χ0v) is 42.9. The molecule has 24 nitrogen and oxygen atoms in total. The lowest BCUT2D eigenvalue weighted by molar-refractivity contribution is -0.117. The number of pyridine rings is 2. The van der Waals surface area contributed by atoms with Gasteiger partial charge in [-0.15, -0.1) is 11.3 Å². The number of urea groups is 1. The first-order valence-corrected chi connectivity index (χ1v) is 25.1. The van der Waals surface area contributed by atoms with Gasteiger partial charge < -0.3 is 39.6 Å². The molecule has 9 heterocycles. The number of amides is 6. The van der Waals surface area contributed by atoms with E-state index >= 15 is 0 Å². The number of aliphatic hydroxyl groups excluding tert-OH is 1. The van der Waals surface area contributed by atoms with Crippen molar-refractivity contribution >= 4 is 92.6 Å². The molecule has 2 fully saturated rings. The first kappa shape index (κ1) is 50.4. The Morgan fingerprint density at radius 2 is 1.32 bits per heavy atom. The van der Waals surface area contributed by atoms with E-state index in [1.54, 1.807) is 67.8 Å². The number of halogens is 1. The van der Waals surface area contributed by atoms with Crippen molar-refractivity contribution in [3.05, 3.63) is 133 Å². The maximum atomic E-state index is 14.0. The summed E-state index contributed by atoms with van der Waals surface area (Å²) in [5.74, 6) is -0.744. The number of benzene rings is 1. The Morgan fingerprint density at radius 3 is 1.92 bits per heavy atom. The van der Waals surface area contributed by atoms with Crippen molar-refractivity contribution in [1.82, 2.24) is 57.4 Å². The van der Waals surface area contributed by atoms with Crippen LogP contribution < -0.4 is 36.2 Å². The summed E-state index contributed by atoms with van der Waals surface area (Å²) in [5.41, 5.74) is 1.55. The molecule has 0 bridgehead atoms. The van der Waals surface area contributed by atoms with Gasteiger partial charge in [-0.25, -0.2) is 29.4 Å². The molecule has 0 radical (unpaired) electrons. The van der Waals surface area contributed by atoms with E-state index in [4.69, 9.17) is 11.6 Å². The van der Waals surface area contributed by atoms with Gasteiger partial charge in [0.2, 0.25) is 11.8 Å². The Morgan fingerprint density at radius 1 is 0.733 bits per heavy atom. The minimum absolute atomic E-state index is 0.0658. The van der Waals surface area contributed by atoms with Gasteiger partial charge >= 0.3 is 11.7 Å². The standard InChI is InChI=1S/C49H51ClN16O8S/c1-57-42-40(63(28-53-42)26-38(67)55-36-13-9-32(23-51-36)59-15-19-61(20-16-59)44(69)30-5-7-31(50)8-6-30)47(72)65(48(57)73)25-34-11-12-35(75-34)45(70)62-21-17-60(18-22-62)33-10-14-37(52-24-33)56-39(68)27-64-29-54-43-41(64)46(71)58(2)49(74)66(43,3)4/h5-14,23-24,28-29,44,69H,15-22,25-27H2,1-4H3,(H-,51,52,55,56,67,68)/p+1. The van der Waals surface area contributed by atoms with Crippen LogP contribution in [0.4, 0.5) is 33.6 Å². The van der Waals surface area contributed by atoms with E-state index in [0.29, 0.717) is 78.8 Å². The fourth-order valence-electron chi connectivity index (χ4n) is 9.51. The molecule has 6 aromatic heterocycles. The Hall–Kier alpha value is -8.10. The second-order valence-electron chi connectivity index (χ2n) is 18.8. The van der Waals surface area contributed by atoms with Gasteiger partial charge in [0.1, 0.15) is 37.3 Å². The Labute approximate surface area is 436 Å². The Kier molecular flexibility index (Phi) is 13.7. The summed E-state index contributed by atoms with van der Waals surface area (Å²) < 4.78 is 4.87. The lowest BCUT2D eigenvalue weighted by atomic mass is 10.1. The highest BCUT2D eigenvalue weighted by Crippen LogP contribution is 2.31. The van der Waals surface area contributed by atoms with E-state index < -0.39 is 41.2 Å². The number of carbonyl (C=O) groups is 5. The molecule has 0 aliphatic carbocycles. The number of nitrogens with one attached hydrogen (secondary N) is 2. The number of thiophene rings is 1. The third-order valence-corrected chi connectivity index (χ3v) is 15.0. The monoisotopic (exact) mass is 1060 g/mol. The molecule has 3 aliphatic heterocycles. The largest absolute Gasteiger partial charge is 0.431 e. The maximum absolute atomic E-state index is 14.0. The van der Waals surface area contributed by atoms with Crippen LogP contribution in [0.1, 0.15) is 36.8 Å². The number of nitrogens with zero attached hydrogens (tertiary/aromatic N) is 14. The summed E-state index contributed by atoms with van der Waals surface area (Å²) in [6.45, 7) is 3.84. The second-order valence-corrected chi connectivity index (χ2v) is 20.4. The highest BCUT2D eigenvalue weighted by Gasteiger charge is 2.48. The third-order valence-electron chi connectivity index (χ3n) is 13.7. The van der Waals surface area contributed by atoms with Crippen LogP contribution in [0.2, 0.25) is 5.02 Å². The molecule has 75 heavy (non-hydrogen) atoms. The van der Waals surface area contributed by atoms with E-state index in [-0.39, 0.29) is 52.7 Å². The summed E-state index contributed by atoms with van der Waals surface area (Å²) >= 11 is 7.20. The van der Waals surface area contributed by atoms with Crippen LogP contribution >= 0.6 is 22.9 Å². The van der Waals surface area contributed by atoms with Crippen molar-refractivity contribution in [3.63, 3.8) is 0 Å². The van der Waals surface area contributed by atoms with Gasteiger partial charge in [-0.1, -0.05) is 23.7 Å². The van der Waals surface area contributed by atoms with Gasteiger partial charge in [0.25, 0.3) is 23.2 Å². The van der Waals surface area contributed by atoms with Crippen LogP contribution in [0.3, 0.4) is 0 Å². The van der Waals surface area contributed by atoms with E-state index in [2.05, 4.69) is 40.4 Å². The topological polar surface area (TPSA) is 251 Å². The first-order valence-electron chi connectivity index (χ1n) is 23.9. The second kappa shape index (κ2) is 20.3. The number of imide groups is 1. The molecule has 10 rings (SSSR count). The Bertz CT molecular complexity index is 3480. The molecule has 26 heteroatoms. The van der Waals surface area contributed by atoms with Crippen LogP contribution in [-0.2, 0) is 36.3 Å². The summed E-state index contributed by atoms with van der Waals surface area (Å²) in [5, 5.41) is 17.0. The first-order chi connectivity index (χ1) is 35.9. The number of piperazine rings is 2. The molecule has 388 valence electrons. The lowest BCUT2D eigenvalue weighted by Crippen LogP contribution is -2.59. The minimum Gasteiger partial charge on any atom is -0.374 e. The normalized spacial score (nSPS) is 16.3. The molecule has 6 amide bonds. The van der Waals surface area contributed by atoms with Gasteiger partial charge in [0.15, 0.2) is 16.9 Å². The quantitative estimate of drug-likeness (QED) is 0.140. The lowest BCUT2D eigenvalue weighted by Gasteiger charge is -2.38. The zero-order chi connectivity index (χ0) is 52.9. The number of aliphatic hydroxyl groups is 1. The zero-order valence-electron chi connectivity index (χ0n) is 41.3. The van der Waals surface area contributed by atoms with E-state index in [1.807, 2.05) is 29.2 Å². The average Bonchev–Trinajstić information content (AvgIpc) is 4.18. The number of aryl methyl sites for hydroxylation is 1. The summed E-state index contributed by atoms with van der Waals surface area (Å²) in [6, 6.07) is 17.2. The number of carbonyl (C=O) groups excluding carboxylic acids is 5. The van der Waals surface area contributed by atoms with E-state index in [0.717, 1.165) is 26.4 Å². The summed E-state index contributed by atoms with van der Waals surface area (Å²) in [6.07, 6.45) is 5.28. The van der Waals surface area contributed by atoms with Gasteiger partial charge in [-0.05, 0) is 54.1 Å². The maximum Gasteiger partial charge on any atom is 0.431 e. The molecule has 1 aromatic carbocycles. The molecular weight excluding hydrogens is 1010 g/mol. The number of anilines is 4. The molecular formula is C49H52ClN16O8S+. The molecule has 1 unspecified atom stereocenters. The van der Waals surface area contributed by atoms with Crippen molar-refractivity contribution in [2.75, 3.05) is 93.9 Å². The van der Waals surface area contributed by atoms with E-state index in [9.17, 15) is 38.7 Å². The predicted octanol–water partition coefficient (Wildman–Crippen LogP) is 2.47. The molecule has 0 saturated carbocycles. The number of aromatic nitrogens is 8. The highest BCUT2D eigenvalue weighted by molar-refractivity contribution is 7.14. The van der Waals surface area contributed by atoms with Crippen molar-refractivity contribution in [1.29, 1.82) is 0 Å². The number of imidazole rings is 2. The SMILES string of the molecule is CN1C(=O)c2c(ncn2CC(=O)Nc2ccc(N3CCN(C(=O)c4ccc(Cn5c(=O)c6c(ncn6CC(=O)Nc6ccc(N7CCN(C(O)c8ccc(Cl)cc8)CC7)cn6)n(C)c5=O)s4)CC3)cn2)[N+](C)(C)C1=O. The van der Waals surface area contributed by atoms with Crippen molar-refractivity contribution in [2.45, 2.75) is 25.9 Å². The van der Waals surface area contributed by atoms with Crippen molar-refractivity contribution in [2.24, 2.45) is 7.05 Å². The molecule has 3 aliphatic rings. The number of rotatable bonds is 13. The van der Waals surface area contributed by atoms with Crippen LogP contribution in [0.25, 0.3) is 11.2 Å². The fraction of sp³-hybridized carbons (Fsp3) is 0.327. The van der Waals surface area contributed by atoms with Crippen LogP contribution in [-0.4, -0.2) is 161 Å². The van der Waals surface area contributed by atoms with Gasteiger partial charge in [0.05, 0.1) is 55.6 Å². The summed E-state index contributed by atoms with van der Waals surface area (Å²) in [7, 11) is 6.15. The molecule has 1 atom stereocenters. The van der Waals surface area contributed by atoms with Gasteiger partial charge in [-0.2, -0.15) is 9.47 Å². The van der Waals surface area contributed by atoms with Gasteiger partial charge in [0, 0.05) is 76.4 Å². The fourth-order valence-corrected chi connectivity index (χ4v) is 10.6. The molecule has 0 spiro atoms. The number of fused-ring (bicyclic) bond motifs is 2. The Balaban J connectivity index is 0.713. The summed E-state index contributed by atoms with van der Waals surface area (Å²) in [4.78, 5) is 121. The molecule has 2 saturated heterocycles. The number of hydrogen-bond donors (Lipinski definition) is 3. The van der Waals surface area contributed by atoms with Crippen molar-refractivity contribution in [3.8, 4) is 0 Å². The van der Waals surface area contributed by atoms with E-state index in [1.165, 1.54) is 51.8 Å². The molecule has 3 N–H and O–H groups in total. The smallest absolute Gasteiger partial charge is 0.374 e. The van der Waals surface area contributed by atoms with Gasteiger partial charge in [-0.3, -0.25) is 38.0 Å². The highest BCUT2D eigenvalue weighted by atomic mass is 35.5. The number of quaternary nitrogens is 1. The van der Waals surface area contributed by atoms with Crippen LogP contribution in [0.5, 0.6) is 0 Å². The van der Waals surface area contributed by atoms with Crippen LogP contribution in [0.15, 0.2) is 95.3 Å². The number of hydrogen-bond acceptors (Lipinski definition) is 16. The third kappa shape index (κ3) is 9.90. The van der Waals surface area contributed by atoms with Crippen molar-refractivity contribution < 1.29 is 29.1 Å². The molecule has 7 aromatic rings.